The first kappa shape index (κ1) is 8.08. The third kappa shape index (κ3) is 1.34. The van der Waals surface area contributed by atoms with E-state index in [1.807, 2.05) is 0 Å². The van der Waals surface area contributed by atoms with Crippen molar-refractivity contribution in [2.75, 3.05) is 5.73 Å². The van der Waals surface area contributed by atoms with Gasteiger partial charge in [-0.1, -0.05) is 0 Å². The van der Waals surface area contributed by atoms with Gasteiger partial charge in [-0.05, 0) is 25.5 Å². The number of hydrogen-bond donors (Lipinski definition) is 1. The Balaban J connectivity index is 2.34. The summed E-state index contributed by atoms with van der Waals surface area (Å²) in [4.78, 5) is 1.30. The van der Waals surface area contributed by atoms with Gasteiger partial charge in [0.05, 0.1) is 17.2 Å². The maximum Gasteiger partial charge on any atom is 0.0862 e. The highest BCUT2D eigenvalue weighted by molar-refractivity contribution is 7.16. The Kier molecular flexibility index (Phi) is 1.66. The van der Waals surface area contributed by atoms with E-state index in [2.05, 4.69) is 19.9 Å². The predicted molar refractivity (Wildman–Crippen MR) is 51.3 cm³/mol. The lowest BCUT2D eigenvalue weighted by Crippen LogP contribution is -2.30. The summed E-state index contributed by atoms with van der Waals surface area (Å²) in [6, 6.07) is 2.07. The first-order valence-electron chi connectivity index (χ1n) is 4.08. The van der Waals surface area contributed by atoms with Gasteiger partial charge in [0, 0.05) is 11.3 Å². The van der Waals surface area contributed by atoms with E-state index < -0.39 is 0 Å². The molecule has 0 saturated heterocycles. The molecule has 0 saturated carbocycles. The first-order chi connectivity index (χ1) is 5.57. The molecule has 1 aliphatic rings. The zero-order valence-electron chi connectivity index (χ0n) is 7.39. The van der Waals surface area contributed by atoms with Gasteiger partial charge in [0.2, 0.25) is 0 Å². The number of hydrogen-bond acceptors (Lipinski definition) is 3. The molecule has 0 radical (unpaired) electrons. The molecular formula is C9H13NOS. The summed E-state index contributed by atoms with van der Waals surface area (Å²) >= 11 is 1.64. The minimum absolute atomic E-state index is 0.0134. The smallest absolute Gasteiger partial charge is 0.0862 e. The first-order valence-corrected chi connectivity index (χ1v) is 4.89. The molecule has 66 valence electrons. The van der Waals surface area contributed by atoms with Crippen molar-refractivity contribution in [3.63, 3.8) is 0 Å². The summed E-state index contributed by atoms with van der Waals surface area (Å²) in [5.41, 5.74) is 7.07. The zero-order valence-corrected chi connectivity index (χ0v) is 8.20. The van der Waals surface area contributed by atoms with E-state index in [4.69, 9.17) is 10.5 Å². The number of nitrogens with two attached hydrogens (primary N) is 1. The van der Waals surface area contributed by atoms with E-state index in [0.29, 0.717) is 0 Å². The maximum absolute atomic E-state index is 5.71. The SMILES string of the molecule is CC1(C)Cc2cc(N)sc2CO1. The van der Waals surface area contributed by atoms with Crippen LogP contribution in [0.4, 0.5) is 5.00 Å². The van der Waals surface area contributed by atoms with Gasteiger partial charge in [0.25, 0.3) is 0 Å². The third-order valence-electron chi connectivity index (χ3n) is 2.13. The lowest BCUT2D eigenvalue weighted by molar-refractivity contribution is -0.0382. The van der Waals surface area contributed by atoms with Crippen LogP contribution in [0.3, 0.4) is 0 Å². The van der Waals surface area contributed by atoms with Crippen molar-refractivity contribution in [3.05, 3.63) is 16.5 Å². The molecule has 0 spiro atoms. The second-order valence-corrected chi connectivity index (χ2v) is 4.99. The van der Waals surface area contributed by atoms with Gasteiger partial charge in [0.1, 0.15) is 0 Å². The van der Waals surface area contributed by atoms with Crippen molar-refractivity contribution in [2.45, 2.75) is 32.5 Å². The average molecular weight is 183 g/mol. The van der Waals surface area contributed by atoms with E-state index in [1.165, 1.54) is 10.4 Å². The van der Waals surface area contributed by atoms with Gasteiger partial charge < -0.3 is 10.5 Å². The Morgan fingerprint density at radius 3 is 3.08 bits per heavy atom. The fraction of sp³-hybridized carbons (Fsp3) is 0.556. The van der Waals surface area contributed by atoms with Crippen LogP contribution >= 0.6 is 11.3 Å². The van der Waals surface area contributed by atoms with Crippen LogP contribution in [0.5, 0.6) is 0 Å². The van der Waals surface area contributed by atoms with E-state index in [9.17, 15) is 0 Å². The lowest BCUT2D eigenvalue weighted by atomic mass is 9.96. The van der Waals surface area contributed by atoms with Crippen molar-refractivity contribution in [3.8, 4) is 0 Å². The summed E-state index contributed by atoms with van der Waals surface area (Å²) in [7, 11) is 0. The molecule has 1 aromatic heterocycles. The van der Waals surface area contributed by atoms with Crippen LogP contribution in [-0.4, -0.2) is 5.60 Å². The summed E-state index contributed by atoms with van der Waals surface area (Å²) in [5, 5.41) is 0.904. The minimum Gasteiger partial charge on any atom is -0.391 e. The number of nitrogen functional groups attached to an aromatic ring is 1. The summed E-state index contributed by atoms with van der Waals surface area (Å²) in [5.74, 6) is 0. The maximum atomic E-state index is 5.71. The lowest BCUT2D eigenvalue weighted by Gasteiger charge is -2.29. The normalized spacial score (nSPS) is 20.5. The molecule has 2 rings (SSSR count). The Morgan fingerprint density at radius 1 is 1.58 bits per heavy atom. The number of anilines is 1. The van der Waals surface area contributed by atoms with Gasteiger partial charge in [-0.15, -0.1) is 11.3 Å². The molecule has 0 aromatic carbocycles. The van der Waals surface area contributed by atoms with E-state index in [-0.39, 0.29) is 5.60 Å². The van der Waals surface area contributed by atoms with Gasteiger partial charge >= 0.3 is 0 Å². The second-order valence-electron chi connectivity index (χ2n) is 3.82. The summed E-state index contributed by atoms with van der Waals surface area (Å²) < 4.78 is 5.66. The molecule has 0 aliphatic carbocycles. The van der Waals surface area contributed by atoms with Crippen molar-refractivity contribution in [2.24, 2.45) is 0 Å². The van der Waals surface area contributed by atoms with Crippen LogP contribution in [0.2, 0.25) is 0 Å². The molecule has 0 fully saturated rings. The molecule has 0 bridgehead atoms. The van der Waals surface area contributed by atoms with E-state index in [1.54, 1.807) is 11.3 Å². The quantitative estimate of drug-likeness (QED) is 0.669. The standard InChI is InChI=1S/C9H13NOS/c1-9(2)4-6-3-8(10)12-7(6)5-11-9/h3H,4-5,10H2,1-2H3. The highest BCUT2D eigenvalue weighted by Crippen LogP contribution is 2.34. The third-order valence-corrected chi connectivity index (χ3v) is 3.11. The molecule has 2 nitrogen and oxygen atoms in total. The summed E-state index contributed by atoms with van der Waals surface area (Å²) in [6.45, 7) is 4.96. The second kappa shape index (κ2) is 2.47. The highest BCUT2D eigenvalue weighted by atomic mass is 32.1. The molecule has 0 atom stereocenters. The summed E-state index contributed by atoms with van der Waals surface area (Å²) in [6.07, 6.45) is 0.982. The molecule has 2 N–H and O–H groups in total. The molecular weight excluding hydrogens is 170 g/mol. The Hall–Kier alpha value is -0.540. The Bertz CT molecular complexity index is 303. The highest BCUT2D eigenvalue weighted by Gasteiger charge is 2.27. The number of ether oxygens (including phenoxy) is 1. The van der Waals surface area contributed by atoms with Crippen LogP contribution in [-0.2, 0) is 17.8 Å². The van der Waals surface area contributed by atoms with Crippen molar-refractivity contribution < 1.29 is 4.74 Å². The monoisotopic (exact) mass is 183 g/mol. The van der Waals surface area contributed by atoms with Crippen LogP contribution in [0.1, 0.15) is 24.3 Å². The van der Waals surface area contributed by atoms with Crippen molar-refractivity contribution >= 4 is 16.3 Å². The molecule has 1 aliphatic heterocycles. The van der Waals surface area contributed by atoms with Crippen LogP contribution in [0.15, 0.2) is 6.07 Å². The Labute approximate surface area is 76.3 Å². The predicted octanol–water partition coefficient (Wildman–Crippen LogP) is 2.18. The van der Waals surface area contributed by atoms with Crippen molar-refractivity contribution in [1.29, 1.82) is 0 Å². The fourth-order valence-corrected chi connectivity index (χ4v) is 2.40. The van der Waals surface area contributed by atoms with Gasteiger partial charge in [-0.2, -0.15) is 0 Å². The van der Waals surface area contributed by atoms with Gasteiger partial charge in [-0.3, -0.25) is 0 Å². The average Bonchev–Trinajstić information content (AvgIpc) is 2.26. The van der Waals surface area contributed by atoms with Gasteiger partial charge in [-0.25, -0.2) is 0 Å². The fourth-order valence-electron chi connectivity index (χ4n) is 1.53. The molecule has 3 heteroatoms. The van der Waals surface area contributed by atoms with Gasteiger partial charge in [0.15, 0.2) is 0 Å². The minimum atomic E-state index is -0.0134. The number of rotatable bonds is 0. The van der Waals surface area contributed by atoms with Crippen LogP contribution < -0.4 is 5.73 Å². The molecule has 1 aromatic rings. The molecule has 0 unspecified atom stereocenters. The number of fused-ring (bicyclic) bond motifs is 1. The Morgan fingerprint density at radius 2 is 2.33 bits per heavy atom. The van der Waals surface area contributed by atoms with Crippen LogP contribution in [0.25, 0.3) is 0 Å². The molecule has 0 amide bonds. The number of thiophene rings is 1. The topological polar surface area (TPSA) is 35.2 Å². The van der Waals surface area contributed by atoms with Crippen LogP contribution in [0, 0.1) is 0 Å². The molecule has 2 heterocycles. The van der Waals surface area contributed by atoms with E-state index >= 15 is 0 Å². The largest absolute Gasteiger partial charge is 0.391 e. The zero-order chi connectivity index (χ0) is 8.77. The van der Waals surface area contributed by atoms with E-state index in [0.717, 1.165) is 18.0 Å². The van der Waals surface area contributed by atoms with Crippen molar-refractivity contribution in [1.82, 2.24) is 0 Å². The molecule has 12 heavy (non-hydrogen) atoms.